The Kier molecular flexibility index (Phi) is 5.19. The second-order valence-electron chi connectivity index (χ2n) is 3.61. The van der Waals surface area contributed by atoms with E-state index in [1.165, 1.54) is 6.92 Å². The summed E-state index contributed by atoms with van der Waals surface area (Å²) >= 11 is 3.36. The van der Waals surface area contributed by atoms with Crippen LogP contribution in [0.4, 0.5) is 0 Å². The Morgan fingerprint density at radius 3 is 2.44 bits per heavy atom. The summed E-state index contributed by atoms with van der Waals surface area (Å²) in [6.45, 7) is 1.97. The third-order valence-electron chi connectivity index (χ3n) is 2.06. The molecule has 0 spiro atoms. The van der Waals surface area contributed by atoms with Gasteiger partial charge in [0.15, 0.2) is 0 Å². The summed E-state index contributed by atoms with van der Waals surface area (Å²) in [4.78, 5) is 21.8. The van der Waals surface area contributed by atoms with E-state index in [0.717, 1.165) is 16.5 Å². The van der Waals surface area contributed by atoms with Crippen molar-refractivity contribution >= 4 is 27.6 Å². The quantitative estimate of drug-likeness (QED) is 0.841. The van der Waals surface area contributed by atoms with Gasteiger partial charge in [-0.15, -0.1) is 0 Å². The average molecular weight is 284 g/mol. The molecule has 0 saturated heterocycles. The number of rotatable bonds is 5. The maximum absolute atomic E-state index is 11.2. The minimum Gasteiger partial charge on any atom is -0.355 e. The fourth-order valence-corrected chi connectivity index (χ4v) is 1.55. The minimum atomic E-state index is -0.204. The fraction of sp³-hybridized carbons (Fsp3) is 0.333. The lowest BCUT2D eigenvalue weighted by molar-refractivity contribution is -0.127. The van der Waals surface area contributed by atoms with Crippen molar-refractivity contribution in [3.8, 4) is 0 Å². The summed E-state index contributed by atoms with van der Waals surface area (Å²) in [6, 6.07) is 7.93. The van der Waals surface area contributed by atoms with E-state index in [4.69, 9.17) is 0 Å². The molecule has 4 heteroatoms. The van der Waals surface area contributed by atoms with Gasteiger partial charge < -0.3 is 5.32 Å². The Morgan fingerprint density at radius 1 is 1.25 bits per heavy atom. The van der Waals surface area contributed by atoms with Crippen LogP contribution in [0.25, 0.3) is 0 Å². The van der Waals surface area contributed by atoms with Crippen molar-refractivity contribution in [1.29, 1.82) is 0 Å². The lowest BCUT2D eigenvalue weighted by Gasteiger charge is -2.04. The molecule has 0 aliphatic carbocycles. The molecular weight excluding hydrogens is 270 g/mol. The summed E-state index contributed by atoms with van der Waals surface area (Å²) in [5.74, 6) is -0.314. The molecule has 0 radical (unpaired) electrons. The molecule has 0 aromatic heterocycles. The van der Waals surface area contributed by atoms with Crippen LogP contribution < -0.4 is 5.32 Å². The highest BCUT2D eigenvalue weighted by molar-refractivity contribution is 9.10. The minimum absolute atomic E-state index is 0.0274. The van der Waals surface area contributed by atoms with Crippen molar-refractivity contribution in [1.82, 2.24) is 5.32 Å². The Morgan fingerprint density at radius 2 is 1.88 bits per heavy atom. The monoisotopic (exact) mass is 283 g/mol. The van der Waals surface area contributed by atoms with Gasteiger partial charge in [-0.1, -0.05) is 28.1 Å². The number of hydrogen-bond acceptors (Lipinski definition) is 2. The van der Waals surface area contributed by atoms with Gasteiger partial charge in [0.05, 0.1) is 6.42 Å². The first-order valence-corrected chi connectivity index (χ1v) is 5.88. The number of carbonyl (C=O) groups excluding carboxylic acids is 2. The van der Waals surface area contributed by atoms with E-state index in [0.29, 0.717) is 6.54 Å². The summed E-state index contributed by atoms with van der Waals surface area (Å²) in [6.07, 6.45) is 0.747. The summed E-state index contributed by atoms with van der Waals surface area (Å²) < 4.78 is 1.04. The maximum atomic E-state index is 11.2. The molecular formula is C12H14BrNO2. The molecule has 0 saturated carbocycles. The highest BCUT2D eigenvalue weighted by atomic mass is 79.9. The molecule has 0 aliphatic rings. The van der Waals surface area contributed by atoms with E-state index >= 15 is 0 Å². The zero-order valence-electron chi connectivity index (χ0n) is 9.13. The van der Waals surface area contributed by atoms with Gasteiger partial charge in [0, 0.05) is 11.0 Å². The molecule has 0 bridgehead atoms. The molecule has 16 heavy (non-hydrogen) atoms. The standard InChI is InChI=1S/C12H14BrNO2/c1-9(15)8-12(16)14-7-6-10-2-4-11(13)5-3-10/h2-5H,6-8H2,1H3,(H,14,16). The number of halogens is 1. The molecule has 1 rings (SSSR count). The molecule has 0 unspecified atom stereocenters. The normalized spacial score (nSPS) is 9.88. The second-order valence-corrected chi connectivity index (χ2v) is 4.52. The van der Waals surface area contributed by atoms with Gasteiger partial charge in [-0.25, -0.2) is 0 Å². The number of benzene rings is 1. The van der Waals surface area contributed by atoms with Crippen LogP contribution in [0.2, 0.25) is 0 Å². The number of hydrogen-bond donors (Lipinski definition) is 1. The summed E-state index contributed by atoms with van der Waals surface area (Å²) in [7, 11) is 0. The van der Waals surface area contributed by atoms with Gasteiger partial charge in [0.25, 0.3) is 0 Å². The van der Waals surface area contributed by atoms with E-state index in [1.807, 2.05) is 24.3 Å². The first kappa shape index (κ1) is 12.9. The first-order valence-electron chi connectivity index (χ1n) is 5.08. The zero-order valence-corrected chi connectivity index (χ0v) is 10.7. The van der Waals surface area contributed by atoms with Gasteiger partial charge in [-0.3, -0.25) is 9.59 Å². The largest absolute Gasteiger partial charge is 0.355 e. The van der Waals surface area contributed by atoms with Gasteiger partial charge in [0.2, 0.25) is 5.91 Å². The highest BCUT2D eigenvalue weighted by Gasteiger charge is 2.03. The summed E-state index contributed by atoms with van der Waals surface area (Å²) in [5.41, 5.74) is 1.16. The van der Waals surface area contributed by atoms with E-state index in [9.17, 15) is 9.59 Å². The predicted molar refractivity (Wildman–Crippen MR) is 66.2 cm³/mol. The van der Waals surface area contributed by atoms with Crippen LogP contribution in [0.3, 0.4) is 0 Å². The van der Waals surface area contributed by atoms with Crippen molar-refractivity contribution < 1.29 is 9.59 Å². The molecule has 1 aromatic carbocycles. The van der Waals surface area contributed by atoms with Gasteiger partial charge in [-0.05, 0) is 31.0 Å². The van der Waals surface area contributed by atoms with Gasteiger partial charge in [-0.2, -0.15) is 0 Å². The molecule has 0 fully saturated rings. The number of amides is 1. The Bertz CT molecular complexity index is 373. The number of carbonyl (C=O) groups is 2. The van der Waals surface area contributed by atoms with Crippen molar-refractivity contribution in [3.63, 3.8) is 0 Å². The molecule has 0 atom stereocenters. The predicted octanol–water partition coefficient (Wildman–Crippen LogP) is 2.09. The van der Waals surface area contributed by atoms with Crippen LogP contribution in [0, 0.1) is 0 Å². The third kappa shape index (κ3) is 5.07. The molecule has 0 heterocycles. The SMILES string of the molecule is CC(=O)CC(=O)NCCc1ccc(Br)cc1. The van der Waals surface area contributed by atoms with Crippen LogP contribution in [-0.2, 0) is 16.0 Å². The average Bonchev–Trinajstić information content (AvgIpc) is 2.20. The van der Waals surface area contributed by atoms with Crippen molar-refractivity contribution in [2.45, 2.75) is 19.8 Å². The van der Waals surface area contributed by atoms with Crippen LogP contribution in [0.1, 0.15) is 18.9 Å². The fourth-order valence-electron chi connectivity index (χ4n) is 1.29. The lowest BCUT2D eigenvalue weighted by atomic mass is 10.1. The van der Waals surface area contributed by atoms with Crippen LogP contribution >= 0.6 is 15.9 Å². The van der Waals surface area contributed by atoms with E-state index in [2.05, 4.69) is 21.2 Å². The van der Waals surface area contributed by atoms with Gasteiger partial charge in [0.1, 0.15) is 5.78 Å². The Hall–Kier alpha value is -1.16. The lowest BCUT2D eigenvalue weighted by Crippen LogP contribution is -2.27. The van der Waals surface area contributed by atoms with E-state index in [-0.39, 0.29) is 18.1 Å². The van der Waals surface area contributed by atoms with Gasteiger partial charge >= 0.3 is 0 Å². The highest BCUT2D eigenvalue weighted by Crippen LogP contribution is 2.10. The van der Waals surface area contributed by atoms with Crippen LogP contribution in [0.15, 0.2) is 28.7 Å². The first-order chi connectivity index (χ1) is 7.58. The van der Waals surface area contributed by atoms with Crippen LogP contribution in [-0.4, -0.2) is 18.2 Å². The topological polar surface area (TPSA) is 46.2 Å². The van der Waals surface area contributed by atoms with E-state index in [1.54, 1.807) is 0 Å². The third-order valence-corrected chi connectivity index (χ3v) is 2.59. The molecule has 86 valence electrons. The number of Topliss-reactive ketones (excluding diaryl/α,β-unsaturated/α-hetero) is 1. The Balaban J connectivity index is 2.28. The van der Waals surface area contributed by atoms with Crippen molar-refractivity contribution in [2.24, 2.45) is 0 Å². The number of ketones is 1. The van der Waals surface area contributed by atoms with Crippen molar-refractivity contribution in [2.75, 3.05) is 6.54 Å². The van der Waals surface area contributed by atoms with Crippen LogP contribution in [0.5, 0.6) is 0 Å². The smallest absolute Gasteiger partial charge is 0.227 e. The molecule has 3 nitrogen and oxygen atoms in total. The molecule has 1 amide bonds. The van der Waals surface area contributed by atoms with Crippen molar-refractivity contribution in [3.05, 3.63) is 34.3 Å². The Labute approximate surface area is 103 Å². The molecule has 0 aliphatic heterocycles. The number of nitrogens with one attached hydrogen (secondary N) is 1. The molecule has 1 N–H and O–H groups in total. The zero-order chi connectivity index (χ0) is 12.0. The summed E-state index contributed by atoms with van der Waals surface area (Å²) in [5, 5.41) is 2.71. The second kappa shape index (κ2) is 6.43. The van der Waals surface area contributed by atoms with E-state index < -0.39 is 0 Å². The maximum Gasteiger partial charge on any atom is 0.227 e. The molecule has 1 aromatic rings.